The fraction of sp³-hybridized carbons (Fsp3) is 0.462. The number of aromatic nitrogens is 2. The van der Waals surface area contributed by atoms with Crippen molar-refractivity contribution in [2.24, 2.45) is 0 Å². The number of halogens is 6. The predicted molar refractivity (Wildman–Crippen MR) is 140 cm³/mol. The summed E-state index contributed by atoms with van der Waals surface area (Å²) in [7, 11) is -6.04. The smallest absolute Gasteiger partial charge is 0.461 e. The van der Waals surface area contributed by atoms with Gasteiger partial charge in [-0.15, -0.1) is 0 Å². The van der Waals surface area contributed by atoms with Gasteiger partial charge in [0.25, 0.3) is 0 Å². The van der Waals surface area contributed by atoms with Crippen molar-refractivity contribution in [1.82, 2.24) is 14.9 Å². The van der Waals surface area contributed by atoms with E-state index >= 15 is 0 Å². The summed E-state index contributed by atoms with van der Waals surface area (Å²) in [6.07, 6.45) is 0.711. The normalized spacial score (nSPS) is 23.1. The molecule has 8 nitrogen and oxygen atoms in total. The third-order valence-corrected chi connectivity index (χ3v) is 9.28. The lowest BCUT2D eigenvalue weighted by Crippen LogP contribution is -2.43. The number of fused-ring (bicyclic) bond motifs is 3. The molecule has 3 aliphatic heterocycles. The van der Waals surface area contributed by atoms with E-state index in [1.807, 2.05) is 4.90 Å². The second-order valence-electron chi connectivity index (χ2n) is 10.5. The molecule has 3 aliphatic rings. The molecule has 0 bridgehead atoms. The van der Waals surface area contributed by atoms with Gasteiger partial charge in [-0.3, -0.25) is 4.90 Å². The molecule has 2 aromatic carbocycles. The Balaban J connectivity index is 1.37. The van der Waals surface area contributed by atoms with E-state index in [1.54, 1.807) is 29.2 Å². The molecule has 2 saturated heterocycles. The summed E-state index contributed by atoms with van der Waals surface area (Å²) in [6, 6.07) is 7.69. The van der Waals surface area contributed by atoms with E-state index in [4.69, 9.17) is 16.3 Å². The van der Waals surface area contributed by atoms with Crippen molar-refractivity contribution in [1.29, 1.82) is 0 Å². The van der Waals surface area contributed by atoms with Crippen molar-refractivity contribution < 1.29 is 39.3 Å². The topological polar surface area (TPSA) is 84.9 Å². The Kier molecular flexibility index (Phi) is 6.93. The molecule has 0 unspecified atom stereocenters. The van der Waals surface area contributed by atoms with Gasteiger partial charge < -0.3 is 13.8 Å². The van der Waals surface area contributed by atoms with E-state index in [0.29, 0.717) is 29.4 Å². The zero-order valence-electron chi connectivity index (χ0n) is 21.4. The van der Waals surface area contributed by atoms with Gasteiger partial charge in [0.15, 0.2) is 0 Å². The van der Waals surface area contributed by atoms with Crippen LogP contribution in [-0.4, -0.2) is 66.7 Å². The minimum Gasteiger partial charge on any atom is -0.461 e. The maximum atomic E-state index is 14.3. The summed E-state index contributed by atoms with van der Waals surface area (Å²) in [6.45, 7) is 1.11. The van der Waals surface area contributed by atoms with Gasteiger partial charge in [-0.25, -0.2) is 8.78 Å². The first kappa shape index (κ1) is 28.2. The first-order chi connectivity index (χ1) is 19.4. The molecule has 41 heavy (non-hydrogen) atoms. The summed E-state index contributed by atoms with van der Waals surface area (Å²) in [5, 5.41) is 1.04. The van der Waals surface area contributed by atoms with Crippen LogP contribution >= 0.6 is 11.6 Å². The van der Waals surface area contributed by atoms with Crippen LogP contribution in [0.15, 0.2) is 30.3 Å². The molecule has 6 rings (SSSR count). The van der Waals surface area contributed by atoms with Crippen LogP contribution in [0.3, 0.4) is 0 Å². The Bertz CT molecular complexity index is 1630. The van der Waals surface area contributed by atoms with Crippen molar-refractivity contribution in [3.05, 3.63) is 52.4 Å². The number of ether oxygens (including phenoxy) is 1. The van der Waals surface area contributed by atoms with Gasteiger partial charge in [0.05, 0.1) is 22.8 Å². The van der Waals surface area contributed by atoms with Crippen molar-refractivity contribution >= 4 is 38.2 Å². The number of hydrogen-bond donors (Lipinski definition) is 0. The zero-order chi connectivity index (χ0) is 29.2. The first-order valence-corrected chi connectivity index (χ1v) is 14.7. The molecule has 3 aromatic rings. The van der Waals surface area contributed by atoms with Gasteiger partial charge in [0, 0.05) is 36.1 Å². The fourth-order valence-electron chi connectivity index (χ4n) is 6.07. The van der Waals surface area contributed by atoms with Crippen LogP contribution in [0.1, 0.15) is 30.5 Å². The zero-order valence-corrected chi connectivity index (χ0v) is 23.0. The second-order valence-corrected chi connectivity index (χ2v) is 12.4. The highest BCUT2D eigenvalue weighted by atomic mass is 35.5. The van der Waals surface area contributed by atoms with Crippen LogP contribution in [0.4, 0.5) is 27.6 Å². The standard InChI is InChI=1S/C26H24ClF5N4O4S/c27-22-18(29)6-5-15-3-1-4-20(21(15)22)35-10-7-17-19(13-35)33-24(34-23(17)40-41(37,38)26(30,31)32)39-14-25-8-2-9-36(25)12-16(28)11-25/h1,3-6,16H,2,7-14H2/t16-,25+/m1/s1. The maximum Gasteiger partial charge on any atom is 0.534 e. The van der Waals surface area contributed by atoms with Crippen molar-refractivity contribution in [2.45, 2.75) is 49.4 Å². The fourth-order valence-corrected chi connectivity index (χ4v) is 6.78. The van der Waals surface area contributed by atoms with Gasteiger partial charge >= 0.3 is 21.6 Å². The molecule has 1 aromatic heterocycles. The number of rotatable bonds is 6. The van der Waals surface area contributed by atoms with E-state index in [0.717, 1.165) is 6.42 Å². The molecule has 0 saturated carbocycles. The largest absolute Gasteiger partial charge is 0.534 e. The maximum absolute atomic E-state index is 14.3. The predicted octanol–water partition coefficient (Wildman–Crippen LogP) is 5.17. The van der Waals surface area contributed by atoms with E-state index in [-0.39, 0.29) is 61.4 Å². The van der Waals surface area contributed by atoms with Crippen LogP contribution in [-0.2, 0) is 23.1 Å². The van der Waals surface area contributed by atoms with Crippen molar-refractivity contribution in [3.63, 3.8) is 0 Å². The van der Waals surface area contributed by atoms with Crippen LogP contribution in [0.25, 0.3) is 10.8 Å². The van der Waals surface area contributed by atoms with Crippen LogP contribution < -0.4 is 13.8 Å². The van der Waals surface area contributed by atoms with Crippen molar-refractivity contribution in [3.8, 4) is 11.9 Å². The first-order valence-electron chi connectivity index (χ1n) is 12.9. The number of benzene rings is 2. The van der Waals surface area contributed by atoms with E-state index < -0.39 is 39.0 Å². The molecule has 4 heterocycles. The lowest BCUT2D eigenvalue weighted by atomic mass is 9.95. The van der Waals surface area contributed by atoms with Crippen LogP contribution in [0, 0.1) is 5.82 Å². The molecular formula is C26H24ClF5N4O4S. The third-order valence-electron chi connectivity index (χ3n) is 7.96. The molecule has 220 valence electrons. The summed E-state index contributed by atoms with van der Waals surface area (Å²) >= 11 is 6.30. The summed E-state index contributed by atoms with van der Waals surface area (Å²) in [5.74, 6) is -1.39. The molecule has 0 radical (unpaired) electrons. The molecule has 15 heteroatoms. The van der Waals surface area contributed by atoms with E-state index in [2.05, 4.69) is 14.2 Å². The lowest BCUT2D eigenvalue weighted by Gasteiger charge is -2.33. The number of anilines is 1. The number of nitrogens with zero attached hydrogens (tertiary/aromatic N) is 4. The molecule has 2 fully saturated rings. The van der Waals surface area contributed by atoms with Gasteiger partial charge in [-0.2, -0.15) is 31.6 Å². The average Bonchev–Trinajstić information content (AvgIpc) is 3.44. The van der Waals surface area contributed by atoms with Gasteiger partial charge in [0.2, 0.25) is 5.88 Å². The average molecular weight is 619 g/mol. The van der Waals surface area contributed by atoms with Crippen LogP contribution in [0.2, 0.25) is 5.02 Å². The number of alkyl halides is 4. The molecule has 0 N–H and O–H groups in total. The van der Waals surface area contributed by atoms with Gasteiger partial charge in [0.1, 0.15) is 18.6 Å². The number of hydrogen-bond acceptors (Lipinski definition) is 8. The highest BCUT2D eigenvalue weighted by Crippen LogP contribution is 2.41. The third kappa shape index (κ3) is 5.03. The highest BCUT2D eigenvalue weighted by molar-refractivity contribution is 7.87. The van der Waals surface area contributed by atoms with Crippen LogP contribution in [0.5, 0.6) is 11.9 Å². The Morgan fingerprint density at radius 1 is 1.15 bits per heavy atom. The molecule has 0 spiro atoms. The monoisotopic (exact) mass is 618 g/mol. The minimum absolute atomic E-state index is 0.00752. The second kappa shape index (κ2) is 10.1. The van der Waals surface area contributed by atoms with E-state index in [9.17, 15) is 30.4 Å². The van der Waals surface area contributed by atoms with Crippen molar-refractivity contribution in [2.75, 3.05) is 31.1 Å². The summed E-state index contributed by atoms with van der Waals surface area (Å²) < 4.78 is 102. The Labute approximate surface area is 237 Å². The lowest BCUT2D eigenvalue weighted by molar-refractivity contribution is -0.0502. The molecule has 0 aliphatic carbocycles. The quantitative estimate of drug-likeness (QED) is 0.213. The molecular weight excluding hydrogens is 595 g/mol. The molecule has 2 atom stereocenters. The minimum atomic E-state index is -6.04. The Hall–Kier alpha value is -2.97. The summed E-state index contributed by atoms with van der Waals surface area (Å²) in [5.41, 5.74) is -5.48. The Morgan fingerprint density at radius 3 is 2.73 bits per heavy atom. The van der Waals surface area contributed by atoms with E-state index in [1.165, 1.54) is 6.07 Å². The highest BCUT2D eigenvalue weighted by Gasteiger charge is 2.50. The van der Waals surface area contributed by atoms with Gasteiger partial charge in [-0.05, 0) is 43.3 Å². The molecule has 0 amide bonds. The summed E-state index contributed by atoms with van der Waals surface area (Å²) in [4.78, 5) is 12.1. The SMILES string of the molecule is O=S(=O)(Oc1nc(OC[C@@]23CCCN2C[C@H](F)C3)nc2c1CCN(c1cccc3ccc(F)c(Cl)c13)C2)C(F)(F)F. The van der Waals surface area contributed by atoms with Gasteiger partial charge in [-0.1, -0.05) is 29.8 Å². The Morgan fingerprint density at radius 2 is 1.95 bits per heavy atom.